The van der Waals surface area contributed by atoms with Crippen molar-refractivity contribution < 1.29 is 9.53 Å². The number of rotatable bonds is 2. The Hall–Kier alpha value is -2.75. The third kappa shape index (κ3) is 2.49. The SMILES string of the molecule is COc1ccc2c(c1)N1CCC(=O)N1C(C)(C)C=C2c1ccccc1. The maximum Gasteiger partial charge on any atom is 0.243 e. The average Bonchev–Trinajstić information content (AvgIpc) is 2.98. The number of hydrogen-bond donors (Lipinski definition) is 0. The largest absolute Gasteiger partial charge is 0.497 e. The number of benzene rings is 2. The molecule has 0 spiro atoms. The highest BCUT2D eigenvalue weighted by molar-refractivity contribution is 5.92. The van der Waals surface area contributed by atoms with Gasteiger partial charge < -0.3 is 4.74 Å². The number of carbonyl (C=O) groups is 1. The molecule has 0 bridgehead atoms. The first-order valence-electron chi connectivity index (χ1n) is 8.58. The molecular weight excluding hydrogens is 312 g/mol. The number of methoxy groups -OCH3 is 1. The minimum absolute atomic E-state index is 0.157. The monoisotopic (exact) mass is 334 g/mol. The molecule has 0 N–H and O–H groups in total. The molecule has 0 aliphatic carbocycles. The van der Waals surface area contributed by atoms with Crippen LogP contribution in [0.15, 0.2) is 54.6 Å². The number of nitrogens with zero attached hydrogens (tertiary/aromatic N) is 2. The average molecular weight is 334 g/mol. The van der Waals surface area contributed by atoms with Gasteiger partial charge in [-0.25, -0.2) is 5.01 Å². The van der Waals surface area contributed by atoms with Crippen LogP contribution in [0.5, 0.6) is 5.75 Å². The highest BCUT2D eigenvalue weighted by Crippen LogP contribution is 2.43. The Morgan fingerprint density at radius 3 is 2.56 bits per heavy atom. The van der Waals surface area contributed by atoms with Gasteiger partial charge >= 0.3 is 0 Å². The van der Waals surface area contributed by atoms with Crippen LogP contribution in [0.25, 0.3) is 5.57 Å². The molecule has 0 saturated carbocycles. The lowest BCUT2D eigenvalue weighted by molar-refractivity contribution is -0.131. The van der Waals surface area contributed by atoms with Gasteiger partial charge in [0.25, 0.3) is 0 Å². The van der Waals surface area contributed by atoms with Crippen molar-refractivity contribution in [3.8, 4) is 5.75 Å². The molecule has 2 heterocycles. The van der Waals surface area contributed by atoms with E-state index < -0.39 is 5.54 Å². The number of fused-ring (bicyclic) bond motifs is 3. The Kier molecular flexibility index (Phi) is 3.57. The van der Waals surface area contributed by atoms with Crippen molar-refractivity contribution in [2.24, 2.45) is 0 Å². The van der Waals surface area contributed by atoms with Gasteiger partial charge in [-0.15, -0.1) is 0 Å². The minimum atomic E-state index is -0.412. The number of ether oxygens (including phenoxy) is 1. The lowest BCUT2D eigenvalue weighted by atomic mass is 9.91. The maximum absolute atomic E-state index is 12.6. The van der Waals surface area contributed by atoms with Gasteiger partial charge in [0.2, 0.25) is 5.91 Å². The second-order valence-electron chi connectivity index (χ2n) is 7.04. The van der Waals surface area contributed by atoms with Crippen molar-refractivity contribution in [2.45, 2.75) is 25.8 Å². The first kappa shape index (κ1) is 15.8. The Morgan fingerprint density at radius 1 is 1.08 bits per heavy atom. The fourth-order valence-corrected chi connectivity index (χ4v) is 3.83. The molecule has 1 saturated heterocycles. The van der Waals surface area contributed by atoms with Gasteiger partial charge in [0.05, 0.1) is 18.3 Å². The summed E-state index contributed by atoms with van der Waals surface area (Å²) in [5.41, 5.74) is 4.02. The predicted molar refractivity (Wildman–Crippen MR) is 99.4 cm³/mol. The third-order valence-electron chi connectivity index (χ3n) is 4.92. The number of amides is 1. The van der Waals surface area contributed by atoms with Crippen LogP contribution in [0.2, 0.25) is 0 Å². The van der Waals surface area contributed by atoms with Crippen molar-refractivity contribution in [3.63, 3.8) is 0 Å². The molecule has 0 unspecified atom stereocenters. The summed E-state index contributed by atoms with van der Waals surface area (Å²) in [4.78, 5) is 12.6. The van der Waals surface area contributed by atoms with E-state index in [4.69, 9.17) is 4.74 Å². The minimum Gasteiger partial charge on any atom is -0.497 e. The molecule has 4 nitrogen and oxygen atoms in total. The van der Waals surface area contributed by atoms with Crippen molar-refractivity contribution in [3.05, 3.63) is 65.7 Å². The predicted octanol–water partition coefficient (Wildman–Crippen LogP) is 3.87. The topological polar surface area (TPSA) is 32.8 Å². The molecule has 2 aromatic rings. The van der Waals surface area contributed by atoms with E-state index in [0.717, 1.165) is 28.1 Å². The second-order valence-corrected chi connectivity index (χ2v) is 7.04. The molecule has 128 valence electrons. The molecule has 1 amide bonds. The molecule has 2 aromatic carbocycles. The van der Waals surface area contributed by atoms with Gasteiger partial charge in [-0.1, -0.05) is 30.3 Å². The van der Waals surface area contributed by atoms with Crippen LogP contribution in [0.1, 0.15) is 31.4 Å². The zero-order valence-corrected chi connectivity index (χ0v) is 14.8. The highest BCUT2D eigenvalue weighted by Gasteiger charge is 2.42. The Balaban J connectivity index is 1.99. The Labute approximate surface area is 148 Å². The number of anilines is 1. The molecule has 4 rings (SSSR count). The van der Waals surface area contributed by atoms with Gasteiger partial charge in [-0.2, -0.15) is 0 Å². The van der Waals surface area contributed by atoms with Crippen LogP contribution in [-0.2, 0) is 4.79 Å². The number of hydrogen-bond acceptors (Lipinski definition) is 3. The van der Waals surface area contributed by atoms with Gasteiger partial charge in [0, 0.05) is 24.6 Å². The van der Waals surface area contributed by atoms with Gasteiger partial charge in [0.1, 0.15) is 5.75 Å². The molecule has 0 atom stereocenters. The summed E-state index contributed by atoms with van der Waals surface area (Å²) in [5.74, 6) is 0.953. The summed E-state index contributed by atoms with van der Waals surface area (Å²) in [6, 6.07) is 16.4. The molecule has 0 radical (unpaired) electrons. The van der Waals surface area contributed by atoms with Crippen LogP contribution in [0, 0.1) is 0 Å². The van der Waals surface area contributed by atoms with Crippen LogP contribution >= 0.6 is 0 Å². The summed E-state index contributed by atoms with van der Waals surface area (Å²) in [7, 11) is 1.67. The van der Waals surface area contributed by atoms with Crippen molar-refractivity contribution in [2.75, 3.05) is 18.7 Å². The van der Waals surface area contributed by atoms with E-state index in [1.165, 1.54) is 0 Å². The molecule has 25 heavy (non-hydrogen) atoms. The lowest BCUT2D eigenvalue weighted by Crippen LogP contribution is -2.51. The van der Waals surface area contributed by atoms with E-state index in [9.17, 15) is 4.79 Å². The quantitative estimate of drug-likeness (QED) is 0.836. The normalized spacial score (nSPS) is 18.4. The fraction of sp³-hybridized carbons (Fsp3) is 0.286. The summed E-state index contributed by atoms with van der Waals surface area (Å²) < 4.78 is 5.44. The fourth-order valence-electron chi connectivity index (χ4n) is 3.83. The first-order chi connectivity index (χ1) is 12.0. The van der Waals surface area contributed by atoms with E-state index in [2.05, 4.69) is 43.1 Å². The lowest BCUT2D eigenvalue weighted by Gasteiger charge is -2.39. The van der Waals surface area contributed by atoms with Crippen LogP contribution in [0.3, 0.4) is 0 Å². The molecule has 4 heteroatoms. The first-order valence-corrected chi connectivity index (χ1v) is 8.58. The maximum atomic E-state index is 12.6. The van der Waals surface area contributed by atoms with Gasteiger partial charge in [0.15, 0.2) is 0 Å². The summed E-state index contributed by atoms with van der Waals surface area (Å²) >= 11 is 0. The summed E-state index contributed by atoms with van der Waals surface area (Å²) in [6.07, 6.45) is 2.74. The molecule has 0 aromatic heterocycles. The zero-order valence-electron chi connectivity index (χ0n) is 14.8. The third-order valence-corrected chi connectivity index (χ3v) is 4.92. The van der Waals surface area contributed by atoms with Crippen molar-refractivity contribution in [1.82, 2.24) is 5.01 Å². The van der Waals surface area contributed by atoms with E-state index >= 15 is 0 Å². The smallest absolute Gasteiger partial charge is 0.243 e. The van der Waals surface area contributed by atoms with Crippen LogP contribution in [0.4, 0.5) is 5.69 Å². The molecule has 2 aliphatic heterocycles. The van der Waals surface area contributed by atoms with E-state index in [-0.39, 0.29) is 5.91 Å². The van der Waals surface area contributed by atoms with Crippen molar-refractivity contribution >= 4 is 17.2 Å². The zero-order chi connectivity index (χ0) is 17.6. The summed E-state index contributed by atoms with van der Waals surface area (Å²) in [5, 5.41) is 3.99. The number of hydrazine groups is 1. The second kappa shape index (κ2) is 5.66. The van der Waals surface area contributed by atoms with Gasteiger partial charge in [-0.3, -0.25) is 9.80 Å². The molecular formula is C21H22N2O2. The van der Waals surface area contributed by atoms with Crippen LogP contribution < -0.4 is 9.75 Å². The molecule has 2 aliphatic rings. The van der Waals surface area contributed by atoms with Crippen LogP contribution in [-0.4, -0.2) is 30.1 Å². The highest BCUT2D eigenvalue weighted by atomic mass is 16.5. The summed E-state index contributed by atoms with van der Waals surface area (Å²) in [6.45, 7) is 4.88. The van der Waals surface area contributed by atoms with E-state index in [0.29, 0.717) is 13.0 Å². The van der Waals surface area contributed by atoms with Gasteiger partial charge in [-0.05, 0) is 43.2 Å². The van der Waals surface area contributed by atoms with E-state index in [1.807, 2.05) is 35.3 Å². The Morgan fingerprint density at radius 2 is 1.84 bits per heavy atom. The Bertz CT molecular complexity index is 855. The number of carbonyl (C=O) groups excluding carboxylic acids is 1. The molecule has 1 fully saturated rings. The standard InChI is InChI=1S/C21H22N2O2/c1-21(2)14-18(15-7-5-4-6-8-15)17-10-9-16(25-3)13-19(17)22-12-11-20(24)23(21)22/h4-10,13-14H,11-12H2,1-3H3. The van der Waals surface area contributed by atoms with E-state index in [1.54, 1.807) is 7.11 Å². The van der Waals surface area contributed by atoms with Crippen molar-refractivity contribution in [1.29, 1.82) is 0 Å².